The van der Waals surface area contributed by atoms with E-state index >= 15 is 0 Å². The van der Waals surface area contributed by atoms with Crippen molar-refractivity contribution in [2.45, 2.75) is 50.0 Å². The van der Waals surface area contributed by atoms with Gasteiger partial charge in [-0.1, -0.05) is 23.7 Å². The third-order valence-electron chi connectivity index (χ3n) is 6.36. The third kappa shape index (κ3) is 4.24. The van der Waals surface area contributed by atoms with E-state index in [1.54, 1.807) is 0 Å². The molecule has 0 atom stereocenters. The maximum atomic E-state index is 12.4. The summed E-state index contributed by atoms with van der Waals surface area (Å²) in [6.07, 6.45) is 6.41. The van der Waals surface area contributed by atoms with E-state index in [9.17, 15) is 4.79 Å². The summed E-state index contributed by atoms with van der Waals surface area (Å²) in [7, 11) is 0. The molecule has 0 spiro atoms. The second-order valence-corrected chi connectivity index (χ2v) is 8.67. The molecule has 5 heteroatoms. The molecule has 0 aromatic heterocycles. The van der Waals surface area contributed by atoms with E-state index in [1.165, 1.54) is 18.4 Å². The Labute approximate surface area is 161 Å². The van der Waals surface area contributed by atoms with Gasteiger partial charge < -0.3 is 15.0 Å². The standard InChI is InChI=1S/C21H29ClN2O2/c22-18-3-1-17(2-4-18)21(9-10-21)15-24-11-5-19(6-12-24)23-20(25)16-7-13-26-14-8-16/h1-4,16,19H,5-15H2,(H,23,25). The molecule has 0 unspecified atom stereocenters. The van der Waals surface area contributed by atoms with Gasteiger partial charge in [0.05, 0.1) is 0 Å². The van der Waals surface area contributed by atoms with Crippen LogP contribution in [-0.4, -0.2) is 49.7 Å². The molecule has 4 nitrogen and oxygen atoms in total. The lowest BCUT2D eigenvalue weighted by Crippen LogP contribution is -2.48. The molecule has 26 heavy (non-hydrogen) atoms. The number of benzene rings is 1. The fourth-order valence-corrected chi connectivity index (χ4v) is 4.56. The number of likely N-dealkylation sites (tertiary alicyclic amines) is 1. The zero-order valence-corrected chi connectivity index (χ0v) is 16.1. The SMILES string of the molecule is O=C(NC1CCN(CC2(c3ccc(Cl)cc3)CC2)CC1)C1CCOCC1. The quantitative estimate of drug-likeness (QED) is 0.856. The monoisotopic (exact) mass is 376 g/mol. The summed E-state index contributed by atoms with van der Waals surface area (Å²) in [5, 5.41) is 4.10. The molecule has 4 rings (SSSR count). The number of carbonyl (C=O) groups is 1. The van der Waals surface area contributed by atoms with Crippen LogP contribution in [0.1, 0.15) is 44.1 Å². The van der Waals surface area contributed by atoms with Gasteiger partial charge in [0.2, 0.25) is 5.91 Å². The Morgan fingerprint density at radius 3 is 2.38 bits per heavy atom. The first-order valence-corrected chi connectivity index (χ1v) is 10.4. The Hall–Kier alpha value is -1.10. The Morgan fingerprint density at radius 1 is 1.12 bits per heavy atom. The van der Waals surface area contributed by atoms with Crippen molar-refractivity contribution in [3.63, 3.8) is 0 Å². The predicted octanol–water partition coefficient (Wildman–Crippen LogP) is 3.38. The van der Waals surface area contributed by atoms with Crippen molar-refractivity contribution in [2.24, 2.45) is 5.92 Å². The van der Waals surface area contributed by atoms with Crippen LogP contribution < -0.4 is 5.32 Å². The molecule has 3 fully saturated rings. The maximum Gasteiger partial charge on any atom is 0.223 e. The van der Waals surface area contributed by atoms with Crippen molar-refractivity contribution in [1.29, 1.82) is 0 Å². The zero-order valence-electron chi connectivity index (χ0n) is 15.4. The van der Waals surface area contributed by atoms with E-state index in [4.69, 9.17) is 16.3 Å². The number of hydrogen-bond acceptors (Lipinski definition) is 3. The molecule has 2 heterocycles. The number of hydrogen-bond donors (Lipinski definition) is 1. The highest BCUT2D eigenvalue weighted by Gasteiger charge is 2.45. The Balaban J connectivity index is 1.25. The molecule has 1 aromatic rings. The largest absolute Gasteiger partial charge is 0.381 e. The second-order valence-electron chi connectivity index (χ2n) is 8.23. The van der Waals surface area contributed by atoms with Crippen LogP contribution in [0.4, 0.5) is 0 Å². The number of nitrogens with zero attached hydrogens (tertiary/aromatic N) is 1. The van der Waals surface area contributed by atoms with Crippen LogP contribution in [0.5, 0.6) is 0 Å². The molecule has 2 aliphatic heterocycles. The normalized spacial score (nSPS) is 24.3. The molecule has 1 aliphatic carbocycles. The molecule has 1 aromatic carbocycles. The van der Waals surface area contributed by atoms with E-state index in [-0.39, 0.29) is 11.8 Å². The lowest BCUT2D eigenvalue weighted by Gasteiger charge is -2.35. The predicted molar refractivity (Wildman–Crippen MR) is 104 cm³/mol. The van der Waals surface area contributed by atoms with Crippen molar-refractivity contribution in [3.05, 3.63) is 34.9 Å². The van der Waals surface area contributed by atoms with Crippen LogP contribution >= 0.6 is 11.6 Å². The number of nitrogens with one attached hydrogen (secondary N) is 1. The van der Waals surface area contributed by atoms with Gasteiger partial charge in [-0.3, -0.25) is 4.79 Å². The Kier molecular flexibility index (Phi) is 5.53. The van der Waals surface area contributed by atoms with Crippen molar-refractivity contribution in [1.82, 2.24) is 10.2 Å². The molecule has 1 amide bonds. The van der Waals surface area contributed by atoms with E-state index in [2.05, 4.69) is 22.3 Å². The summed E-state index contributed by atoms with van der Waals surface area (Å²) < 4.78 is 5.36. The number of piperidine rings is 1. The fraction of sp³-hybridized carbons (Fsp3) is 0.667. The topological polar surface area (TPSA) is 41.6 Å². The van der Waals surface area contributed by atoms with Crippen molar-refractivity contribution in [3.8, 4) is 0 Å². The molecular weight excluding hydrogens is 348 g/mol. The first-order chi connectivity index (χ1) is 12.6. The van der Waals surface area contributed by atoms with E-state index in [0.29, 0.717) is 11.5 Å². The van der Waals surface area contributed by atoms with E-state index < -0.39 is 0 Å². The number of ether oxygens (including phenoxy) is 1. The Morgan fingerprint density at radius 2 is 1.77 bits per heavy atom. The van der Waals surface area contributed by atoms with Gasteiger partial charge in [0.15, 0.2) is 0 Å². The average molecular weight is 377 g/mol. The van der Waals surface area contributed by atoms with Crippen LogP contribution in [0, 0.1) is 5.92 Å². The number of rotatable bonds is 5. The lowest BCUT2D eigenvalue weighted by atomic mass is 9.93. The Bertz CT molecular complexity index is 615. The maximum absolute atomic E-state index is 12.4. The highest BCUT2D eigenvalue weighted by Crippen LogP contribution is 2.49. The van der Waals surface area contributed by atoms with Crippen molar-refractivity contribution in [2.75, 3.05) is 32.8 Å². The lowest BCUT2D eigenvalue weighted by molar-refractivity contribution is -0.128. The van der Waals surface area contributed by atoms with Gasteiger partial charge in [0.1, 0.15) is 0 Å². The minimum Gasteiger partial charge on any atom is -0.381 e. The molecule has 3 aliphatic rings. The van der Waals surface area contributed by atoms with Gasteiger partial charge in [-0.15, -0.1) is 0 Å². The minimum atomic E-state index is 0.154. The molecule has 2 saturated heterocycles. The van der Waals surface area contributed by atoms with Gasteiger partial charge in [-0.25, -0.2) is 0 Å². The van der Waals surface area contributed by atoms with E-state index in [1.807, 2.05) is 12.1 Å². The van der Waals surface area contributed by atoms with Crippen LogP contribution in [-0.2, 0) is 14.9 Å². The highest BCUT2D eigenvalue weighted by molar-refractivity contribution is 6.30. The molecule has 142 valence electrons. The summed E-state index contributed by atoms with van der Waals surface area (Å²) in [4.78, 5) is 15.0. The van der Waals surface area contributed by atoms with E-state index in [0.717, 1.165) is 63.6 Å². The number of amides is 1. The van der Waals surface area contributed by atoms with Crippen LogP contribution in [0.2, 0.25) is 5.02 Å². The summed E-state index contributed by atoms with van der Waals surface area (Å²) in [6.45, 7) is 4.74. The highest BCUT2D eigenvalue weighted by atomic mass is 35.5. The first-order valence-electron chi connectivity index (χ1n) is 10.0. The molecule has 0 bridgehead atoms. The van der Waals surface area contributed by atoms with Gasteiger partial charge >= 0.3 is 0 Å². The number of halogens is 1. The minimum absolute atomic E-state index is 0.154. The summed E-state index contributed by atoms with van der Waals surface area (Å²) in [5.41, 5.74) is 1.76. The molecule has 1 N–H and O–H groups in total. The van der Waals surface area contributed by atoms with Gasteiger partial charge in [0, 0.05) is 55.2 Å². The third-order valence-corrected chi connectivity index (χ3v) is 6.61. The molecule has 0 radical (unpaired) electrons. The zero-order chi connectivity index (χ0) is 18.0. The summed E-state index contributed by atoms with van der Waals surface area (Å²) in [5.74, 6) is 0.396. The summed E-state index contributed by atoms with van der Waals surface area (Å²) in [6, 6.07) is 8.74. The summed E-state index contributed by atoms with van der Waals surface area (Å²) >= 11 is 6.04. The van der Waals surface area contributed by atoms with Crippen molar-refractivity contribution >= 4 is 17.5 Å². The van der Waals surface area contributed by atoms with Crippen LogP contribution in [0.3, 0.4) is 0 Å². The van der Waals surface area contributed by atoms with Gasteiger partial charge in [0.25, 0.3) is 0 Å². The van der Waals surface area contributed by atoms with Crippen molar-refractivity contribution < 1.29 is 9.53 Å². The smallest absolute Gasteiger partial charge is 0.223 e. The average Bonchev–Trinajstić information content (AvgIpc) is 3.45. The van der Waals surface area contributed by atoms with Gasteiger partial charge in [-0.05, 0) is 56.2 Å². The fourth-order valence-electron chi connectivity index (χ4n) is 4.43. The van der Waals surface area contributed by atoms with Crippen LogP contribution in [0.15, 0.2) is 24.3 Å². The molecular formula is C21H29ClN2O2. The van der Waals surface area contributed by atoms with Gasteiger partial charge in [-0.2, -0.15) is 0 Å². The first kappa shape index (κ1) is 18.3. The van der Waals surface area contributed by atoms with Crippen LogP contribution in [0.25, 0.3) is 0 Å². The second kappa shape index (κ2) is 7.87. The molecule has 1 saturated carbocycles. The number of carbonyl (C=O) groups excluding carboxylic acids is 1.